The highest BCUT2D eigenvalue weighted by Crippen LogP contribution is 2.09. The van der Waals surface area contributed by atoms with Gasteiger partial charge in [-0.15, -0.1) is 11.3 Å². The maximum Gasteiger partial charge on any atom is 0.365 e. The van der Waals surface area contributed by atoms with Gasteiger partial charge in [0.1, 0.15) is 0 Å². The maximum absolute atomic E-state index is 10.6. The van der Waals surface area contributed by atoms with E-state index in [-0.39, 0.29) is 11.6 Å². The van der Waals surface area contributed by atoms with Crippen molar-refractivity contribution in [2.75, 3.05) is 6.61 Å². The second-order valence-corrected chi connectivity index (χ2v) is 4.46. The Morgan fingerprint density at radius 2 is 2.44 bits per heavy atom. The van der Waals surface area contributed by atoms with Crippen LogP contribution in [0, 0.1) is 0 Å². The lowest BCUT2D eigenvalue weighted by Crippen LogP contribution is -2.25. The van der Waals surface area contributed by atoms with Crippen LogP contribution in [0.25, 0.3) is 0 Å². The summed E-state index contributed by atoms with van der Waals surface area (Å²) < 4.78 is 0. The van der Waals surface area contributed by atoms with Gasteiger partial charge in [0.2, 0.25) is 5.01 Å². The highest BCUT2D eigenvalue weighted by Gasteiger charge is 2.09. The van der Waals surface area contributed by atoms with E-state index in [1.54, 1.807) is 5.38 Å². The van der Waals surface area contributed by atoms with Crippen LogP contribution in [0.15, 0.2) is 5.38 Å². The Kier molecular flexibility index (Phi) is 5.37. The molecule has 1 atom stereocenters. The predicted molar refractivity (Wildman–Crippen MR) is 61.7 cm³/mol. The first-order chi connectivity index (χ1) is 7.63. The number of nitrogens with zero attached hydrogens (tertiary/aromatic N) is 1. The summed E-state index contributed by atoms with van der Waals surface area (Å²) in [5.74, 6) is -0.982. The third-order valence-corrected chi connectivity index (χ3v) is 3.04. The summed E-state index contributed by atoms with van der Waals surface area (Å²) in [4.78, 5) is 14.6. The highest BCUT2D eigenvalue weighted by molar-refractivity contribution is 7.11. The number of carboxylic acid groups (broad SMARTS) is 1. The molecule has 0 aliphatic carbocycles. The van der Waals surface area contributed by atoms with Gasteiger partial charge >= 0.3 is 5.97 Å². The predicted octanol–water partition coefficient (Wildman–Crippen LogP) is 1.09. The topological polar surface area (TPSA) is 82.5 Å². The van der Waals surface area contributed by atoms with Gasteiger partial charge in [0.15, 0.2) is 0 Å². The summed E-state index contributed by atoms with van der Waals surface area (Å²) in [6.45, 7) is 2.79. The number of hydrogen-bond donors (Lipinski definition) is 3. The van der Waals surface area contributed by atoms with Crippen LogP contribution in [0.1, 0.15) is 35.3 Å². The van der Waals surface area contributed by atoms with Crippen molar-refractivity contribution in [1.29, 1.82) is 0 Å². The van der Waals surface area contributed by atoms with Crippen molar-refractivity contribution in [1.82, 2.24) is 10.3 Å². The molecule has 0 saturated carbocycles. The van der Waals surface area contributed by atoms with Gasteiger partial charge in [0.25, 0.3) is 0 Å². The van der Waals surface area contributed by atoms with Gasteiger partial charge in [-0.05, 0) is 19.8 Å². The molecule has 0 fully saturated rings. The molecule has 0 saturated heterocycles. The third-order valence-electron chi connectivity index (χ3n) is 2.16. The zero-order valence-electron chi connectivity index (χ0n) is 9.14. The zero-order chi connectivity index (χ0) is 12.0. The van der Waals surface area contributed by atoms with Gasteiger partial charge in [0, 0.05) is 24.6 Å². The molecular weight excluding hydrogens is 228 g/mol. The first kappa shape index (κ1) is 13.1. The fourth-order valence-electron chi connectivity index (χ4n) is 1.26. The molecule has 16 heavy (non-hydrogen) atoms. The van der Waals surface area contributed by atoms with Crippen molar-refractivity contribution in [2.45, 2.75) is 32.4 Å². The Bertz CT molecular complexity index is 341. The molecule has 0 radical (unpaired) electrons. The number of thiazole rings is 1. The van der Waals surface area contributed by atoms with Gasteiger partial charge < -0.3 is 15.5 Å². The highest BCUT2D eigenvalue weighted by atomic mass is 32.1. The van der Waals surface area contributed by atoms with Crippen molar-refractivity contribution >= 4 is 17.3 Å². The Balaban J connectivity index is 2.33. The van der Waals surface area contributed by atoms with E-state index in [2.05, 4.69) is 10.3 Å². The van der Waals surface area contributed by atoms with Crippen LogP contribution in [0.5, 0.6) is 0 Å². The molecule has 0 aliphatic heterocycles. The molecule has 0 bridgehead atoms. The number of aliphatic hydroxyl groups excluding tert-OH is 1. The Morgan fingerprint density at radius 3 is 3.00 bits per heavy atom. The summed E-state index contributed by atoms with van der Waals surface area (Å²) >= 11 is 1.14. The van der Waals surface area contributed by atoms with Crippen molar-refractivity contribution in [3.05, 3.63) is 16.1 Å². The Hall–Kier alpha value is -0.980. The second kappa shape index (κ2) is 6.57. The standard InChI is InChI=1S/C10H16N2O3S/c1-7(3-2-4-13)11-5-8-6-16-9(12-8)10(14)15/h6-7,11,13H,2-5H2,1H3,(H,14,15). The van der Waals surface area contributed by atoms with Crippen LogP contribution in [-0.4, -0.2) is 33.8 Å². The van der Waals surface area contributed by atoms with E-state index < -0.39 is 5.97 Å². The summed E-state index contributed by atoms with van der Waals surface area (Å²) in [7, 11) is 0. The molecule has 0 aliphatic rings. The summed E-state index contributed by atoms with van der Waals surface area (Å²) in [5, 5.41) is 22.4. The van der Waals surface area contributed by atoms with E-state index >= 15 is 0 Å². The van der Waals surface area contributed by atoms with Crippen molar-refractivity contribution < 1.29 is 15.0 Å². The Morgan fingerprint density at radius 1 is 1.69 bits per heavy atom. The molecule has 0 spiro atoms. The van der Waals surface area contributed by atoms with Crippen LogP contribution in [-0.2, 0) is 6.54 Å². The van der Waals surface area contributed by atoms with Crippen LogP contribution in [0.4, 0.5) is 0 Å². The van der Waals surface area contributed by atoms with Gasteiger partial charge in [-0.3, -0.25) is 0 Å². The zero-order valence-corrected chi connectivity index (χ0v) is 9.96. The van der Waals surface area contributed by atoms with Gasteiger partial charge in [-0.25, -0.2) is 9.78 Å². The molecule has 1 aromatic rings. The quantitative estimate of drug-likeness (QED) is 0.669. The SMILES string of the molecule is CC(CCCO)NCc1csc(C(=O)O)n1. The monoisotopic (exact) mass is 244 g/mol. The number of aromatic nitrogens is 1. The minimum Gasteiger partial charge on any atom is -0.476 e. The number of aliphatic hydroxyl groups is 1. The van der Waals surface area contributed by atoms with E-state index in [0.29, 0.717) is 12.6 Å². The Labute approximate surface area is 98.1 Å². The average molecular weight is 244 g/mol. The fraction of sp³-hybridized carbons (Fsp3) is 0.600. The summed E-state index contributed by atoms with van der Waals surface area (Å²) in [6, 6.07) is 0.294. The smallest absolute Gasteiger partial charge is 0.365 e. The number of carboxylic acids is 1. The molecule has 0 amide bonds. The lowest BCUT2D eigenvalue weighted by molar-refractivity contribution is 0.0696. The minimum atomic E-state index is -0.982. The first-order valence-corrected chi connectivity index (χ1v) is 6.03. The van der Waals surface area contributed by atoms with E-state index in [1.807, 2.05) is 6.92 Å². The molecular formula is C10H16N2O3S. The van der Waals surface area contributed by atoms with Gasteiger partial charge in [-0.1, -0.05) is 0 Å². The summed E-state index contributed by atoms with van der Waals surface area (Å²) in [6.07, 6.45) is 1.66. The second-order valence-electron chi connectivity index (χ2n) is 3.60. The fourth-order valence-corrected chi connectivity index (χ4v) is 1.92. The van der Waals surface area contributed by atoms with Crippen molar-refractivity contribution in [2.24, 2.45) is 0 Å². The lowest BCUT2D eigenvalue weighted by Gasteiger charge is -2.11. The largest absolute Gasteiger partial charge is 0.476 e. The maximum atomic E-state index is 10.6. The van der Waals surface area contributed by atoms with E-state index in [4.69, 9.17) is 10.2 Å². The molecule has 5 nitrogen and oxygen atoms in total. The first-order valence-electron chi connectivity index (χ1n) is 5.15. The van der Waals surface area contributed by atoms with Crippen molar-refractivity contribution in [3.8, 4) is 0 Å². The van der Waals surface area contributed by atoms with Gasteiger partial charge in [0.05, 0.1) is 5.69 Å². The molecule has 0 aromatic carbocycles. The third kappa shape index (κ3) is 4.26. The average Bonchev–Trinajstić information content (AvgIpc) is 2.72. The molecule has 3 N–H and O–H groups in total. The minimum absolute atomic E-state index is 0.125. The molecule has 1 unspecified atom stereocenters. The van der Waals surface area contributed by atoms with Crippen LogP contribution < -0.4 is 5.32 Å². The number of carbonyl (C=O) groups is 1. The molecule has 90 valence electrons. The van der Waals surface area contributed by atoms with E-state index in [9.17, 15) is 4.79 Å². The number of aromatic carboxylic acids is 1. The summed E-state index contributed by atoms with van der Waals surface area (Å²) in [5.41, 5.74) is 0.748. The number of rotatable bonds is 7. The van der Waals surface area contributed by atoms with Crippen LogP contribution in [0.3, 0.4) is 0 Å². The van der Waals surface area contributed by atoms with Gasteiger partial charge in [-0.2, -0.15) is 0 Å². The number of hydrogen-bond acceptors (Lipinski definition) is 5. The molecule has 1 heterocycles. The normalized spacial score (nSPS) is 12.6. The van der Waals surface area contributed by atoms with E-state index in [1.165, 1.54) is 0 Å². The molecule has 6 heteroatoms. The van der Waals surface area contributed by atoms with Crippen LogP contribution >= 0.6 is 11.3 Å². The van der Waals surface area contributed by atoms with Crippen LogP contribution in [0.2, 0.25) is 0 Å². The molecule has 1 rings (SSSR count). The van der Waals surface area contributed by atoms with Crippen molar-refractivity contribution in [3.63, 3.8) is 0 Å². The van der Waals surface area contributed by atoms with E-state index in [0.717, 1.165) is 29.9 Å². The molecule has 1 aromatic heterocycles. The number of nitrogens with one attached hydrogen (secondary N) is 1. The lowest BCUT2D eigenvalue weighted by atomic mass is 10.2.